The van der Waals surface area contributed by atoms with Gasteiger partial charge in [0.1, 0.15) is 0 Å². The Balaban J connectivity index is 2.69. The molecule has 1 aromatic rings. The maximum absolute atomic E-state index is 13.9. The molecule has 0 fully saturated rings. The SMILES string of the molecule is COc1cccc(CNC(CBr)C(C)C)c1F. The van der Waals surface area contributed by atoms with E-state index in [0.717, 1.165) is 5.33 Å². The zero-order valence-corrected chi connectivity index (χ0v) is 12.1. The van der Waals surface area contributed by atoms with Gasteiger partial charge in [-0.05, 0) is 12.0 Å². The summed E-state index contributed by atoms with van der Waals surface area (Å²) in [6.07, 6.45) is 0. The van der Waals surface area contributed by atoms with Crippen LogP contribution < -0.4 is 10.1 Å². The molecule has 1 aromatic carbocycles. The van der Waals surface area contributed by atoms with Crippen LogP contribution in [0.2, 0.25) is 0 Å². The molecule has 0 aliphatic heterocycles. The van der Waals surface area contributed by atoms with Crippen LogP contribution in [0.5, 0.6) is 5.75 Å². The van der Waals surface area contributed by atoms with Gasteiger partial charge in [0.15, 0.2) is 11.6 Å². The highest BCUT2D eigenvalue weighted by atomic mass is 79.9. The van der Waals surface area contributed by atoms with E-state index in [9.17, 15) is 4.39 Å². The van der Waals surface area contributed by atoms with Crippen LogP contribution in [0.4, 0.5) is 4.39 Å². The molecule has 0 aromatic heterocycles. The van der Waals surface area contributed by atoms with Crippen molar-refractivity contribution in [1.82, 2.24) is 5.32 Å². The van der Waals surface area contributed by atoms with Crippen LogP contribution in [0.15, 0.2) is 18.2 Å². The maximum atomic E-state index is 13.9. The van der Waals surface area contributed by atoms with Gasteiger partial charge in [-0.2, -0.15) is 0 Å². The van der Waals surface area contributed by atoms with Gasteiger partial charge in [0.05, 0.1) is 7.11 Å². The number of hydrogen-bond acceptors (Lipinski definition) is 2. The lowest BCUT2D eigenvalue weighted by Gasteiger charge is -2.20. The summed E-state index contributed by atoms with van der Waals surface area (Å²) >= 11 is 3.46. The zero-order valence-electron chi connectivity index (χ0n) is 10.5. The molecule has 0 spiro atoms. The second kappa shape index (κ2) is 6.97. The summed E-state index contributed by atoms with van der Waals surface area (Å²) in [6, 6.07) is 5.54. The number of hydrogen-bond donors (Lipinski definition) is 1. The number of benzene rings is 1. The molecule has 0 bridgehead atoms. The smallest absolute Gasteiger partial charge is 0.169 e. The molecule has 0 saturated heterocycles. The predicted molar refractivity (Wildman–Crippen MR) is 72.2 cm³/mol. The molecular weight excluding hydrogens is 285 g/mol. The molecule has 1 atom stereocenters. The van der Waals surface area contributed by atoms with Gasteiger partial charge in [-0.3, -0.25) is 0 Å². The van der Waals surface area contributed by atoms with E-state index in [4.69, 9.17) is 4.74 Å². The van der Waals surface area contributed by atoms with Crippen molar-refractivity contribution in [3.63, 3.8) is 0 Å². The minimum Gasteiger partial charge on any atom is -0.494 e. The average molecular weight is 304 g/mol. The third-order valence-electron chi connectivity index (χ3n) is 2.79. The highest BCUT2D eigenvalue weighted by Gasteiger charge is 2.13. The van der Waals surface area contributed by atoms with Gasteiger partial charge >= 0.3 is 0 Å². The molecule has 0 aliphatic carbocycles. The summed E-state index contributed by atoms with van der Waals surface area (Å²) in [5, 5.41) is 4.19. The Labute approximate surface area is 111 Å². The molecule has 0 heterocycles. The van der Waals surface area contributed by atoms with Crippen LogP contribution in [0.3, 0.4) is 0 Å². The monoisotopic (exact) mass is 303 g/mol. The van der Waals surface area contributed by atoms with E-state index in [1.54, 1.807) is 18.2 Å². The highest BCUT2D eigenvalue weighted by molar-refractivity contribution is 9.09. The van der Waals surface area contributed by atoms with E-state index in [-0.39, 0.29) is 5.82 Å². The van der Waals surface area contributed by atoms with E-state index < -0.39 is 0 Å². The van der Waals surface area contributed by atoms with E-state index in [1.165, 1.54) is 7.11 Å². The lowest BCUT2D eigenvalue weighted by molar-refractivity contribution is 0.380. The van der Waals surface area contributed by atoms with Gasteiger partial charge in [-0.1, -0.05) is 41.9 Å². The normalized spacial score (nSPS) is 12.8. The van der Waals surface area contributed by atoms with Crippen LogP contribution in [0, 0.1) is 11.7 Å². The Kier molecular flexibility index (Phi) is 5.92. The molecule has 1 rings (SSSR count). The van der Waals surface area contributed by atoms with E-state index in [1.807, 2.05) is 0 Å². The van der Waals surface area contributed by atoms with Crippen molar-refractivity contribution in [2.24, 2.45) is 5.92 Å². The van der Waals surface area contributed by atoms with Gasteiger partial charge in [-0.15, -0.1) is 0 Å². The summed E-state index contributed by atoms with van der Waals surface area (Å²) in [6.45, 7) is 4.79. The molecule has 1 unspecified atom stereocenters. The topological polar surface area (TPSA) is 21.3 Å². The number of alkyl halides is 1. The van der Waals surface area contributed by atoms with Crippen LogP contribution >= 0.6 is 15.9 Å². The third kappa shape index (κ3) is 3.96. The molecule has 0 saturated carbocycles. The van der Waals surface area contributed by atoms with Gasteiger partial charge in [0.25, 0.3) is 0 Å². The lowest BCUT2D eigenvalue weighted by Crippen LogP contribution is -2.35. The van der Waals surface area contributed by atoms with Crippen LogP contribution in [-0.4, -0.2) is 18.5 Å². The summed E-state index contributed by atoms with van der Waals surface area (Å²) in [4.78, 5) is 0. The molecule has 4 heteroatoms. The van der Waals surface area contributed by atoms with Gasteiger partial charge in [-0.25, -0.2) is 4.39 Å². The number of methoxy groups -OCH3 is 1. The van der Waals surface area contributed by atoms with Crippen molar-refractivity contribution in [3.05, 3.63) is 29.6 Å². The van der Waals surface area contributed by atoms with Crippen molar-refractivity contribution in [2.45, 2.75) is 26.4 Å². The fourth-order valence-electron chi connectivity index (χ4n) is 1.56. The van der Waals surface area contributed by atoms with Gasteiger partial charge in [0, 0.05) is 23.5 Å². The summed E-state index contributed by atoms with van der Waals surface area (Å²) in [5.74, 6) is 0.520. The zero-order chi connectivity index (χ0) is 12.8. The fourth-order valence-corrected chi connectivity index (χ4v) is 2.54. The molecule has 2 nitrogen and oxygen atoms in total. The number of ether oxygens (including phenoxy) is 1. The summed E-state index contributed by atoms with van der Waals surface area (Å²) in [7, 11) is 1.48. The summed E-state index contributed by atoms with van der Waals surface area (Å²) in [5.41, 5.74) is 0.635. The molecule has 0 aliphatic rings. The molecule has 0 amide bonds. The average Bonchev–Trinajstić information content (AvgIpc) is 2.31. The van der Waals surface area contributed by atoms with Crippen molar-refractivity contribution >= 4 is 15.9 Å². The number of halogens is 2. The fraction of sp³-hybridized carbons (Fsp3) is 0.538. The first-order valence-corrected chi connectivity index (χ1v) is 6.83. The Morgan fingerprint density at radius 2 is 2.12 bits per heavy atom. The van der Waals surface area contributed by atoms with Crippen molar-refractivity contribution in [3.8, 4) is 5.75 Å². The minimum absolute atomic E-state index is 0.278. The first-order chi connectivity index (χ1) is 8.10. The molecule has 17 heavy (non-hydrogen) atoms. The van der Waals surface area contributed by atoms with Crippen LogP contribution in [-0.2, 0) is 6.54 Å². The molecule has 96 valence electrons. The maximum Gasteiger partial charge on any atom is 0.169 e. The Morgan fingerprint density at radius 3 is 2.65 bits per heavy atom. The van der Waals surface area contributed by atoms with Crippen LogP contribution in [0.25, 0.3) is 0 Å². The third-order valence-corrected chi connectivity index (χ3v) is 3.49. The van der Waals surface area contributed by atoms with Gasteiger partial charge in [0.2, 0.25) is 0 Å². The highest BCUT2D eigenvalue weighted by Crippen LogP contribution is 2.20. The predicted octanol–water partition coefficient (Wildman–Crippen LogP) is 3.34. The molecule has 0 radical (unpaired) electrons. The number of nitrogens with one attached hydrogen (secondary N) is 1. The van der Waals surface area contributed by atoms with E-state index in [2.05, 4.69) is 35.1 Å². The van der Waals surface area contributed by atoms with E-state index >= 15 is 0 Å². The molecule has 1 N–H and O–H groups in total. The lowest BCUT2D eigenvalue weighted by atomic mass is 10.1. The van der Waals surface area contributed by atoms with Crippen molar-refractivity contribution in [2.75, 3.05) is 12.4 Å². The Bertz CT molecular complexity index is 357. The quantitative estimate of drug-likeness (QED) is 0.814. The second-order valence-electron chi connectivity index (χ2n) is 4.32. The first-order valence-electron chi connectivity index (χ1n) is 5.70. The molecular formula is C13H19BrFNO. The van der Waals surface area contributed by atoms with Crippen molar-refractivity contribution < 1.29 is 9.13 Å². The standard InChI is InChI=1S/C13H19BrFNO/c1-9(2)11(7-14)16-8-10-5-4-6-12(17-3)13(10)15/h4-6,9,11,16H,7-8H2,1-3H3. The minimum atomic E-state index is -0.278. The number of rotatable bonds is 6. The van der Waals surface area contributed by atoms with Crippen molar-refractivity contribution in [1.29, 1.82) is 0 Å². The second-order valence-corrected chi connectivity index (χ2v) is 4.97. The van der Waals surface area contributed by atoms with Gasteiger partial charge < -0.3 is 10.1 Å². The Hall–Kier alpha value is -0.610. The largest absolute Gasteiger partial charge is 0.494 e. The summed E-state index contributed by atoms with van der Waals surface area (Å²) < 4.78 is 18.8. The Morgan fingerprint density at radius 1 is 1.41 bits per heavy atom. The van der Waals surface area contributed by atoms with E-state index in [0.29, 0.717) is 29.8 Å². The first kappa shape index (κ1) is 14.5. The van der Waals surface area contributed by atoms with Crippen LogP contribution in [0.1, 0.15) is 19.4 Å².